The van der Waals surface area contributed by atoms with E-state index in [2.05, 4.69) is 10.3 Å². The number of aromatic nitrogens is 1. The van der Waals surface area contributed by atoms with Crippen LogP contribution in [-0.2, 0) is 4.79 Å². The fourth-order valence-corrected chi connectivity index (χ4v) is 2.55. The average molecular weight is 331 g/mol. The third-order valence-electron chi connectivity index (χ3n) is 3.85. The van der Waals surface area contributed by atoms with Crippen LogP contribution in [0.4, 0.5) is 19.0 Å². The molecule has 2 N–H and O–H groups in total. The first-order valence-electron chi connectivity index (χ1n) is 7.46. The number of nitrogens with one attached hydrogen (secondary N) is 1. The largest absolute Gasteiger partial charge is 0.415 e. The van der Waals surface area contributed by atoms with Crippen LogP contribution in [0, 0.1) is 12.8 Å². The number of amides is 1. The van der Waals surface area contributed by atoms with Gasteiger partial charge in [-0.15, -0.1) is 0 Å². The Balaban J connectivity index is 1.90. The molecule has 1 aromatic heterocycles. The van der Waals surface area contributed by atoms with E-state index < -0.39 is 24.7 Å². The van der Waals surface area contributed by atoms with Gasteiger partial charge in [0.25, 0.3) is 0 Å². The zero-order chi connectivity index (χ0) is 17.0. The molecule has 1 amide bonds. The number of aryl methyl sites for hydroxylation is 1. The molecule has 5 nitrogen and oxygen atoms in total. The summed E-state index contributed by atoms with van der Waals surface area (Å²) in [5, 5.41) is 11.8. The van der Waals surface area contributed by atoms with Crippen LogP contribution in [0.5, 0.6) is 0 Å². The summed E-state index contributed by atoms with van der Waals surface area (Å²) in [6.45, 7) is 2.02. The van der Waals surface area contributed by atoms with Gasteiger partial charge in [0.15, 0.2) is 6.10 Å². The lowest BCUT2D eigenvalue weighted by molar-refractivity contribution is -0.209. The number of halogens is 3. The van der Waals surface area contributed by atoms with Crippen molar-refractivity contribution in [3.05, 3.63) is 23.9 Å². The molecule has 2 unspecified atom stereocenters. The van der Waals surface area contributed by atoms with Gasteiger partial charge in [-0.05, 0) is 37.9 Å². The highest BCUT2D eigenvalue weighted by Crippen LogP contribution is 2.24. The number of rotatable bonds is 4. The molecule has 23 heavy (non-hydrogen) atoms. The summed E-state index contributed by atoms with van der Waals surface area (Å²) >= 11 is 0. The van der Waals surface area contributed by atoms with E-state index in [0.29, 0.717) is 25.2 Å². The third kappa shape index (κ3) is 5.18. The van der Waals surface area contributed by atoms with Crippen LogP contribution in [0.15, 0.2) is 18.3 Å². The zero-order valence-corrected chi connectivity index (χ0v) is 12.8. The van der Waals surface area contributed by atoms with Crippen molar-refractivity contribution in [2.75, 3.05) is 25.0 Å². The number of likely N-dealkylation sites (tertiary alicyclic amines) is 1. The molecule has 2 atom stereocenters. The van der Waals surface area contributed by atoms with Crippen LogP contribution in [0.3, 0.4) is 0 Å². The SMILES string of the molecule is Cc1ccc(NC(=O)C2CCCN(CC(O)C(F)(F)F)C2)nc1. The van der Waals surface area contributed by atoms with Gasteiger partial charge in [-0.25, -0.2) is 4.98 Å². The Morgan fingerprint density at radius 2 is 2.26 bits per heavy atom. The van der Waals surface area contributed by atoms with E-state index in [1.54, 1.807) is 12.3 Å². The summed E-state index contributed by atoms with van der Waals surface area (Å²) < 4.78 is 37.2. The maximum Gasteiger partial charge on any atom is 0.415 e. The topological polar surface area (TPSA) is 65.5 Å². The van der Waals surface area contributed by atoms with E-state index in [4.69, 9.17) is 5.11 Å². The molecule has 0 saturated carbocycles. The number of β-amino-alcohol motifs (C(OH)–C–C–N with tert-alkyl or cyclic N) is 1. The Kier molecular flexibility index (Phi) is 5.59. The maximum absolute atomic E-state index is 12.4. The zero-order valence-electron chi connectivity index (χ0n) is 12.8. The highest BCUT2D eigenvalue weighted by atomic mass is 19.4. The van der Waals surface area contributed by atoms with Crippen molar-refractivity contribution in [2.24, 2.45) is 5.92 Å². The Hall–Kier alpha value is -1.67. The van der Waals surface area contributed by atoms with Crippen molar-refractivity contribution < 1.29 is 23.1 Å². The van der Waals surface area contributed by atoms with Crippen LogP contribution in [0.25, 0.3) is 0 Å². The standard InChI is InChI=1S/C15H20F3N3O2/c1-10-4-5-13(19-7-10)20-14(23)11-3-2-6-21(8-11)9-12(22)15(16,17)18/h4-5,7,11-12,22H,2-3,6,8-9H2,1H3,(H,19,20,23). The van der Waals surface area contributed by atoms with Crippen LogP contribution in [-0.4, -0.2) is 52.8 Å². The second kappa shape index (κ2) is 7.27. The van der Waals surface area contributed by atoms with Gasteiger partial charge < -0.3 is 10.4 Å². The molecule has 0 bridgehead atoms. The normalized spacial score (nSPS) is 21.0. The van der Waals surface area contributed by atoms with E-state index >= 15 is 0 Å². The Morgan fingerprint density at radius 1 is 1.52 bits per heavy atom. The number of alkyl halides is 3. The number of aliphatic hydroxyl groups is 1. The summed E-state index contributed by atoms with van der Waals surface area (Å²) in [7, 11) is 0. The van der Waals surface area contributed by atoms with Crippen molar-refractivity contribution >= 4 is 11.7 Å². The van der Waals surface area contributed by atoms with Crippen molar-refractivity contribution in [2.45, 2.75) is 32.0 Å². The molecule has 1 fully saturated rings. The second-order valence-electron chi connectivity index (χ2n) is 5.87. The van der Waals surface area contributed by atoms with Gasteiger partial charge >= 0.3 is 6.18 Å². The molecule has 2 heterocycles. The summed E-state index contributed by atoms with van der Waals surface area (Å²) in [5.41, 5.74) is 0.966. The van der Waals surface area contributed by atoms with E-state index in [9.17, 15) is 18.0 Å². The number of carbonyl (C=O) groups excluding carboxylic acids is 1. The number of aliphatic hydroxyl groups excluding tert-OH is 1. The highest BCUT2D eigenvalue weighted by Gasteiger charge is 2.40. The van der Waals surface area contributed by atoms with E-state index in [1.165, 1.54) is 4.90 Å². The smallest absolute Gasteiger partial charge is 0.382 e. The molecule has 0 aliphatic carbocycles. The first-order chi connectivity index (χ1) is 10.8. The number of nitrogens with zero attached hydrogens (tertiary/aromatic N) is 2. The second-order valence-corrected chi connectivity index (χ2v) is 5.87. The predicted octanol–water partition coefficient (Wildman–Crippen LogP) is 1.96. The van der Waals surface area contributed by atoms with Crippen molar-refractivity contribution in [3.8, 4) is 0 Å². The maximum atomic E-state index is 12.4. The summed E-state index contributed by atoms with van der Waals surface area (Å²) in [4.78, 5) is 17.8. The lowest BCUT2D eigenvalue weighted by Crippen LogP contribution is -2.47. The monoisotopic (exact) mass is 331 g/mol. The molecule has 1 saturated heterocycles. The molecular formula is C15H20F3N3O2. The molecule has 0 aromatic carbocycles. The van der Waals surface area contributed by atoms with E-state index in [-0.39, 0.29) is 12.5 Å². The number of pyridine rings is 1. The molecule has 2 rings (SSSR count). The van der Waals surface area contributed by atoms with Gasteiger partial charge in [-0.3, -0.25) is 9.69 Å². The van der Waals surface area contributed by atoms with Crippen LogP contribution >= 0.6 is 0 Å². The minimum absolute atomic E-state index is 0.199. The van der Waals surface area contributed by atoms with E-state index in [1.807, 2.05) is 13.0 Å². The van der Waals surface area contributed by atoms with Gasteiger partial charge in [-0.2, -0.15) is 13.2 Å². The molecule has 0 spiro atoms. The summed E-state index contributed by atoms with van der Waals surface area (Å²) in [6.07, 6.45) is -4.17. The van der Waals surface area contributed by atoms with Crippen LogP contribution in [0.2, 0.25) is 0 Å². The number of anilines is 1. The number of hydrogen-bond donors (Lipinski definition) is 2. The molecule has 0 radical (unpaired) electrons. The fraction of sp³-hybridized carbons (Fsp3) is 0.600. The lowest BCUT2D eigenvalue weighted by atomic mass is 9.97. The lowest BCUT2D eigenvalue weighted by Gasteiger charge is -2.33. The van der Waals surface area contributed by atoms with Gasteiger partial charge in [0, 0.05) is 19.3 Å². The Morgan fingerprint density at radius 3 is 2.87 bits per heavy atom. The number of carbonyl (C=O) groups is 1. The van der Waals surface area contributed by atoms with Gasteiger partial charge in [-0.1, -0.05) is 6.07 Å². The van der Waals surface area contributed by atoms with Gasteiger partial charge in [0.05, 0.1) is 5.92 Å². The molecule has 8 heteroatoms. The summed E-state index contributed by atoms with van der Waals surface area (Å²) in [6, 6.07) is 3.50. The minimum Gasteiger partial charge on any atom is -0.382 e. The number of hydrogen-bond acceptors (Lipinski definition) is 4. The van der Waals surface area contributed by atoms with Gasteiger partial charge in [0.1, 0.15) is 5.82 Å². The highest BCUT2D eigenvalue weighted by molar-refractivity contribution is 5.91. The predicted molar refractivity (Wildman–Crippen MR) is 78.8 cm³/mol. The number of piperidine rings is 1. The quantitative estimate of drug-likeness (QED) is 0.885. The first kappa shape index (κ1) is 17.7. The van der Waals surface area contributed by atoms with Crippen molar-refractivity contribution in [1.29, 1.82) is 0 Å². The van der Waals surface area contributed by atoms with Gasteiger partial charge in [0.2, 0.25) is 5.91 Å². The third-order valence-corrected chi connectivity index (χ3v) is 3.85. The van der Waals surface area contributed by atoms with Crippen LogP contribution < -0.4 is 5.32 Å². The molecule has 1 aliphatic rings. The van der Waals surface area contributed by atoms with Crippen molar-refractivity contribution in [3.63, 3.8) is 0 Å². The minimum atomic E-state index is -4.64. The van der Waals surface area contributed by atoms with E-state index in [0.717, 1.165) is 5.56 Å². The Bertz CT molecular complexity index is 534. The fourth-order valence-electron chi connectivity index (χ4n) is 2.55. The van der Waals surface area contributed by atoms with Crippen molar-refractivity contribution in [1.82, 2.24) is 9.88 Å². The van der Waals surface area contributed by atoms with Crippen LogP contribution in [0.1, 0.15) is 18.4 Å². The molecule has 1 aliphatic heterocycles. The molecule has 128 valence electrons. The Labute approximate surface area is 132 Å². The first-order valence-corrected chi connectivity index (χ1v) is 7.46. The molecule has 1 aromatic rings. The summed E-state index contributed by atoms with van der Waals surface area (Å²) in [5.74, 6) is -0.243. The molecular weight excluding hydrogens is 311 g/mol. The average Bonchev–Trinajstić information content (AvgIpc) is 2.49.